The largest absolute Gasteiger partial charge is 0.344 e. The van der Waals surface area contributed by atoms with E-state index in [4.69, 9.17) is 0 Å². The molecule has 2 nitrogen and oxygen atoms in total. The quantitative estimate of drug-likeness (QED) is 0.0931. The Kier molecular flexibility index (Phi) is 9.31. The molecule has 0 radical (unpaired) electrons. The third kappa shape index (κ3) is 6.10. The molecule has 4 aliphatic carbocycles. The van der Waals surface area contributed by atoms with Crippen molar-refractivity contribution in [3.05, 3.63) is 230 Å². The van der Waals surface area contributed by atoms with E-state index in [2.05, 4.69) is 209 Å². The lowest BCUT2D eigenvalue weighted by Crippen LogP contribution is -2.30. The molecule has 0 N–H and O–H groups in total. The zero-order chi connectivity index (χ0) is 43.3. The molecular weight excluding hydrogens is 900 g/mol. The molecule has 13 rings (SSSR count). The molecule has 6 aliphatic rings. The molecule has 0 atom stereocenters. The Balaban J connectivity index is 0.871. The second-order valence-corrected chi connectivity index (χ2v) is 20.3. The highest BCUT2D eigenvalue weighted by Gasteiger charge is 2.49. The number of hydrogen-bond acceptors (Lipinski definition) is 2. The third-order valence-electron chi connectivity index (χ3n) is 16.2. The van der Waals surface area contributed by atoms with Gasteiger partial charge in [0.2, 0.25) is 0 Å². The van der Waals surface area contributed by atoms with Crippen LogP contribution in [0.3, 0.4) is 0 Å². The minimum atomic E-state index is -0.0820. The van der Waals surface area contributed by atoms with Crippen LogP contribution < -0.4 is 9.80 Å². The van der Waals surface area contributed by atoms with Gasteiger partial charge in [0.1, 0.15) is 0 Å². The number of halogens is 1. The summed E-state index contributed by atoms with van der Waals surface area (Å²) in [7, 11) is 0. The van der Waals surface area contributed by atoms with E-state index < -0.39 is 0 Å². The lowest BCUT2D eigenvalue weighted by Gasteiger charge is -2.34. The van der Waals surface area contributed by atoms with E-state index in [1.54, 1.807) is 0 Å². The average molecular weight is 953 g/mol. The number of rotatable bonds is 6. The number of anilines is 3. The molecule has 65 heavy (non-hydrogen) atoms. The second-order valence-electron chi connectivity index (χ2n) is 19.6. The normalized spacial score (nSPS) is 18.1. The van der Waals surface area contributed by atoms with Crippen molar-refractivity contribution in [1.82, 2.24) is 0 Å². The highest BCUT2D eigenvalue weighted by atomic mass is 127. The van der Waals surface area contributed by atoms with E-state index in [1.165, 1.54) is 125 Å². The van der Waals surface area contributed by atoms with Crippen LogP contribution in [0.5, 0.6) is 0 Å². The number of fused-ring (bicyclic) bond motifs is 13. The number of aryl methyl sites for hydroxylation is 1. The van der Waals surface area contributed by atoms with Crippen LogP contribution in [-0.4, -0.2) is 17.5 Å². The molecule has 0 unspecified atom stereocenters. The number of benzene rings is 7. The number of alkyl halides is 1. The highest BCUT2D eigenvalue weighted by Crippen LogP contribution is 2.58. The van der Waals surface area contributed by atoms with E-state index in [-0.39, 0.29) is 10.8 Å². The van der Waals surface area contributed by atoms with Crippen LogP contribution in [0.4, 0.5) is 17.1 Å². The Morgan fingerprint density at radius 3 is 1.45 bits per heavy atom. The van der Waals surface area contributed by atoms with Crippen LogP contribution in [0.25, 0.3) is 34.4 Å². The molecule has 0 amide bonds. The molecule has 7 aromatic rings. The first-order chi connectivity index (χ1) is 32.0. The van der Waals surface area contributed by atoms with Crippen LogP contribution in [0.2, 0.25) is 0 Å². The number of para-hydroxylation sites is 1. The Labute approximate surface area is 398 Å². The minimum absolute atomic E-state index is 0.0807. The van der Waals surface area contributed by atoms with E-state index >= 15 is 0 Å². The van der Waals surface area contributed by atoms with Crippen LogP contribution in [0.1, 0.15) is 87.4 Å². The zero-order valence-corrected chi connectivity index (χ0v) is 39.4. The maximum atomic E-state index is 2.62. The molecule has 0 saturated heterocycles. The summed E-state index contributed by atoms with van der Waals surface area (Å²) in [6.07, 6.45) is 18.2. The van der Waals surface area contributed by atoms with Gasteiger partial charge in [0.25, 0.3) is 0 Å². The van der Waals surface area contributed by atoms with Crippen molar-refractivity contribution in [2.45, 2.75) is 69.1 Å². The van der Waals surface area contributed by atoms with Gasteiger partial charge >= 0.3 is 0 Å². The van der Waals surface area contributed by atoms with Gasteiger partial charge in [0.15, 0.2) is 0 Å². The summed E-state index contributed by atoms with van der Waals surface area (Å²) >= 11 is 2.57. The Bertz CT molecular complexity index is 3150. The molecule has 2 aliphatic heterocycles. The summed E-state index contributed by atoms with van der Waals surface area (Å²) in [5.74, 6) is 0. The van der Waals surface area contributed by atoms with Crippen LogP contribution >= 0.6 is 22.6 Å². The monoisotopic (exact) mass is 952 g/mol. The first-order valence-electron chi connectivity index (χ1n) is 24.0. The Hall–Kier alpha value is -5.91. The van der Waals surface area contributed by atoms with Gasteiger partial charge in [-0.3, -0.25) is 0 Å². The number of allylic oxidation sites excluding steroid dienone is 4. The molecule has 0 fully saturated rings. The Morgan fingerprint density at radius 1 is 0.477 bits per heavy atom. The molecule has 2 spiro atoms. The lowest BCUT2D eigenvalue weighted by molar-refractivity contribution is 0.563. The van der Waals surface area contributed by atoms with E-state index in [0.29, 0.717) is 0 Å². The number of hydrogen-bond donors (Lipinski definition) is 0. The van der Waals surface area contributed by atoms with Gasteiger partial charge in [-0.25, -0.2) is 0 Å². The Morgan fingerprint density at radius 2 is 0.923 bits per heavy atom. The smallest absolute Gasteiger partial charge is 0.0443 e. The van der Waals surface area contributed by atoms with E-state index in [0.717, 1.165) is 56.0 Å². The zero-order valence-electron chi connectivity index (χ0n) is 37.2. The maximum absolute atomic E-state index is 2.62. The summed E-state index contributed by atoms with van der Waals surface area (Å²) in [6.45, 7) is 4.28. The van der Waals surface area contributed by atoms with Crippen molar-refractivity contribution < 1.29 is 0 Å². The summed E-state index contributed by atoms with van der Waals surface area (Å²) in [4.78, 5) is 5.19. The summed E-state index contributed by atoms with van der Waals surface area (Å²) in [6, 6.07) is 56.9. The van der Waals surface area contributed by atoms with E-state index in [1.807, 2.05) is 0 Å². The van der Waals surface area contributed by atoms with Gasteiger partial charge < -0.3 is 9.80 Å². The summed E-state index contributed by atoms with van der Waals surface area (Å²) < 4.78 is 1.02. The van der Waals surface area contributed by atoms with Crippen molar-refractivity contribution in [2.24, 2.45) is 0 Å². The molecule has 0 bridgehead atoms. The van der Waals surface area contributed by atoms with Gasteiger partial charge in [-0.2, -0.15) is 0 Å². The minimum Gasteiger partial charge on any atom is -0.344 e. The molecular formula is C62H53IN2. The van der Waals surface area contributed by atoms with Gasteiger partial charge in [0.05, 0.1) is 0 Å². The van der Waals surface area contributed by atoms with Gasteiger partial charge in [-0.05, 0) is 178 Å². The van der Waals surface area contributed by atoms with Crippen LogP contribution in [-0.2, 0) is 42.9 Å². The molecule has 2 heterocycles. The average Bonchev–Trinajstić information content (AvgIpc) is 4.09. The van der Waals surface area contributed by atoms with Crippen molar-refractivity contribution in [3.63, 3.8) is 0 Å². The highest BCUT2D eigenvalue weighted by molar-refractivity contribution is 14.1. The SMILES string of the molecule is C/C=C\C1=C(CI)N(c2ccc3c(c2)C2(Cc4ccccc4C2)c2cc(/C=C/c4ccc5c(c4)C4(Cc6ccccc6C4)c4cc(N6CCCc7ccccc76)ccc4-5)ccc2-3)CCC1. The topological polar surface area (TPSA) is 6.48 Å². The summed E-state index contributed by atoms with van der Waals surface area (Å²) in [5, 5.41) is 0. The molecule has 3 heteroatoms. The predicted molar refractivity (Wildman–Crippen MR) is 281 cm³/mol. The van der Waals surface area contributed by atoms with Gasteiger partial charge in [0, 0.05) is 51.1 Å². The summed E-state index contributed by atoms with van der Waals surface area (Å²) in [5.41, 5.74) is 28.4. The van der Waals surface area contributed by atoms with E-state index in [9.17, 15) is 0 Å². The standard InChI is InChI=1S/C62H53IN2/c1-2-11-43-17-9-31-65(60(43)40-63)50-25-29-54-52-27-23-42(33-56(52)62(58(54)35-50)38-47-15-5-6-16-48(47)39-62)21-20-41-22-26-51-53-28-24-49(64-30-10-18-44-12-7-8-19-59(44)64)34-57(53)61(55(51)32-41)36-45-13-3-4-14-46(45)37-61/h2-8,11-16,19-29,32-35H,9-10,17-18,30-31,36-40H2,1H3/b11-2-,21-20+. The fourth-order valence-electron chi connectivity index (χ4n) is 13.2. The fraction of sp³-hybridized carbons (Fsp3) is 0.226. The van der Waals surface area contributed by atoms with Crippen molar-refractivity contribution >= 4 is 51.8 Å². The first-order valence-corrected chi connectivity index (χ1v) is 25.5. The molecule has 0 saturated carbocycles. The third-order valence-corrected chi connectivity index (χ3v) is 16.9. The number of nitrogens with zero attached hydrogens (tertiary/aromatic N) is 2. The fourth-order valence-corrected chi connectivity index (χ4v) is 14.1. The van der Waals surface area contributed by atoms with Crippen LogP contribution in [0, 0.1) is 0 Å². The predicted octanol–water partition coefficient (Wildman–Crippen LogP) is 14.9. The van der Waals surface area contributed by atoms with Crippen molar-refractivity contribution in [1.29, 1.82) is 0 Å². The second kappa shape index (κ2) is 15.3. The van der Waals surface area contributed by atoms with Gasteiger partial charge in [-0.1, -0.05) is 162 Å². The molecule has 318 valence electrons. The lowest BCUT2D eigenvalue weighted by atomic mass is 9.75. The molecule has 0 aromatic heterocycles. The van der Waals surface area contributed by atoms with Gasteiger partial charge in [-0.15, -0.1) is 0 Å². The maximum Gasteiger partial charge on any atom is 0.0443 e. The first kappa shape index (κ1) is 39.5. The van der Waals surface area contributed by atoms with Crippen molar-refractivity contribution in [2.75, 3.05) is 27.3 Å². The molecule has 7 aromatic carbocycles. The van der Waals surface area contributed by atoms with Crippen LogP contribution in [0.15, 0.2) is 169 Å². The van der Waals surface area contributed by atoms with Crippen molar-refractivity contribution in [3.8, 4) is 22.3 Å².